The third kappa shape index (κ3) is 7.21. The van der Waals surface area contributed by atoms with E-state index in [1.807, 2.05) is 0 Å². The molecule has 20 heteroatoms. The minimum atomic E-state index is -2.07. The molecule has 0 aliphatic carbocycles. The van der Waals surface area contributed by atoms with Gasteiger partial charge in [-0.1, -0.05) is 0 Å². The van der Waals surface area contributed by atoms with Crippen molar-refractivity contribution in [1.82, 2.24) is 0 Å². The normalized spacial score (nSPS) is 37.8. The maximum atomic E-state index is 13.6. The molecule has 1 aromatic heterocycles. The van der Waals surface area contributed by atoms with Gasteiger partial charge >= 0.3 is 0 Å². The second-order valence-electron chi connectivity index (χ2n) is 12.9. The Labute approximate surface area is 298 Å². The quantitative estimate of drug-likeness (QED) is 0.0976. The van der Waals surface area contributed by atoms with Gasteiger partial charge < -0.3 is 94.5 Å². The molecule has 4 heterocycles. The molecule has 53 heavy (non-hydrogen) atoms. The van der Waals surface area contributed by atoms with Crippen molar-refractivity contribution >= 4 is 11.0 Å². The number of aliphatic hydroxyl groups excluding tert-OH is 11. The molecule has 2 aromatic carbocycles. The molecule has 3 aliphatic heterocycles. The number of rotatable bonds is 9. The van der Waals surface area contributed by atoms with E-state index in [2.05, 4.69) is 0 Å². The number of benzene rings is 2. The molecule has 13 N–H and O–H groups in total. The van der Waals surface area contributed by atoms with E-state index in [4.69, 9.17) is 28.1 Å². The van der Waals surface area contributed by atoms with E-state index in [-0.39, 0.29) is 17.1 Å². The molecule has 15 atom stereocenters. The van der Waals surface area contributed by atoms with Crippen LogP contribution >= 0.6 is 0 Å². The van der Waals surface area contributed by atoms with Crippen LogP contribution in [0.5, 0.6) is 17.2 Å². The zero-order valence-corrected chi connectivity index (χ0v) is 27.4. The monoisotopic (exact) mass is 756 g/mol. The Morgan fingerprint density at radius 1 is 0.623 bits per heavy atom. The maximum Gasteiger partial charge on any atom is 0.229 e. The molecule has 0 bridgehead atoms. The van der Waals surface area contributed by atoms with Crippen molar-refractivity contribution in [2.45, 2.75) is 91.9 Å². The highest BCUT2D eigenvalue weighted by Gasteiger charge is 2.53. The van der Waals surface area contributed by atoms with Gasteiger partial charge in [-0.25, -0.2) is 0 Å². The van der Waals surface area contributed by atoms with Crippen LogP contribution in [0.1, 0.15) is 11.7 Å². The second kappa shape index (κ2) is 15.7. The molecular weight excluding hydrogens is 716 g/mol. The number of phenols is 2. The maximum absolute atomic E-state index is 13.6. The number of hydrogen-bond acceptors (Lipinski definition) is 20. The van der Waals surface area contributed by atoms with Crippen molar-refractivity contribution in [3.05, 3.63) is 52.2 Å². The van der Waals surface area contributed by atoms with Crippen LogP contribution in [-0.4, -0.2) is 172 Å². The summed E-state index contributed by atoms with van der Waals surface area (Å²) in [4.78, 5) is 13.6. The molecule has 0 unspecified atom stereocenters. The number of phenolic OH excluding ortho intramolecular Hbond substituents is 2. The van der Waals surface area contributed by atoms with Gasteiger partial charge in [0, 0.05) is 17.7 Å². The van der Waals surface area contributed by atoms with Crippen LogP contribution in [0.4, 0.5) is 0 Å². The van der Waals surface area contributed by atoms with Crippen LogP contribution in [0.25, 0.3) is 22.3 Å². The van der Waals surface area contributed by atoms with E-state index >= 15 is 0 Å². The first-order valence-corrected chi connectivity index (χ1v) is 16.4. The van der Waals surface area contributed by atoms with E-state index < -0.39 is 140 Å². The standard InChI is InChI=1S/C33H40O20/c34-7-16-23(41)27(45)31(53-33-29(47)26(44)22(40)18(9-36)52-33)30(49-16)20-15(50-32-28(46)25(43)21(39)17(8-35)51-32)6-14-19(24(20)42)12(38)5-13(48-14)10-1-3-11(37)4-2-10/h1-6,16-18,21-23,25-37,39-47H,7-9H2/t16-,17-,18-,21+,22-,23-,25+,26+,27+,28-,29-,30+,31-,32-,33+/m1/s1. The summed E-state index contributed by atoms with van der Waals surface area (Å²) in [6, 6.07) is 7.53. The topological polar surface area (TPSA) is 339 Å². The van der Waals surface area contributed by atoms with Crippen LogP contribution in [-0.2, 0) is 18.9 Å². The zero-order chi connectivity index (χ0) is 38.5. The Balaban J connectivity index is 1.52. The van der Waals surface area contributed by atoms with E-state index in [9.17, 15) is 71.2 Å². The number of aliphatic hydroxyl groups is 11. The van der Waals surface area contributed by atoms with Gasteiger partial charge in [0.1, 0.15) is 113 Å². The summed E-state index contributed by atoms with van der Waals surface area (Å²) in [5, 5.41) is 136. The number of aromatic hydroxyl groups is 2. The zero-order valence-electron chi connectivity index (χ0n) is 27.4. The fraction of sp³-hybridized carbons (Fsp3) is 0.545. The fourth-order valence-corrected chi connectivity index (χ4v) is 6.53. The first-order valence-electron chi connectivity index (χ1n) is 16.4. The van der Waals surface area contributed by atoms with E-state index in [1.165, 1.54) is 24.3 Å². The molecule has 0 saturated carbocycles. The lowest BCUT2D eigenvalue weighted by Crippen LogP contribution is -2.62. The molecule has 3 fully saturated rings. The Hall–Kier alpha value is -3.55. The molecule has 0 amide bonds. The number of hydrogen-bond donors (Lipinski definition) is 13. The Kier molecular flexibility index (Phi) is 11.6. The van der Waals surface area contributed by atoms with Gasteiger partial charge in [-0.2, -0.15) is 0 Å². The number of ether oxygens (including phenoxy) is 5. The highest BCUT2D eigenvalue weighted by atomic mass is 16.7. The summed E-state index contributed by atoms with van der Waals surface area (Å²) in [5.74, 6) is -1.67. The Bertz CT molecular complexity index is 1780. The molecule has 292 valence electrons. The molecule has 6 rings (SSSR count). The predicted molar refractivity (Wildman–Crippen MR) is 171 cm³/mol. The van der Waals surface area contributed by atoms with Crippen molar-refractivity contribution in [3.8, 4) is 28.6 Å². The minimum absolute atomic E-state index is 0.0509. The average Bonchev–Trinajstić information content (AvgIpc) is 3.14. The fourth-order valence-electron chi connectivity index (χ4n) is 6.53. The summed E-state index contributed by atoms with van der Waals surface area (Å²) < 4.78 is 34.4. The lowest BCUT2D eigenvalue weighted by Gasteiger charge is -2.46. The molecule has 3 saturated heterocycles. The van der Waals surface area contributed by atoms with E-state index in [1.54, 1.807) is 0 Å². The molecule has 0 radical (unpaired) electrons. The van der Waals surface area contributed by atoms with Crippen molar-refractivity contribution < 1.29 is 94.5 Å². The van der Waals surface area contributed by atoms with E-state index in [0.29, 0.717) is 5.56 Å². The first kappa shape index (κ1) is 39.2. The Morgan fingerprint density at radius 3 is 1.74 bits per heavy atom. The van der Waals surface area contributed by atoms with Gasteiger partial charge in [-0.05, 0) is 24.3 Å². The molecule has 3 aliphatic rings. The molecular formula is C33H40O20. The highest BCUT2D eigenvalue weighted by Crippen LogP contribution is 2.47. The molecule has 3 aromatic rings. The lowest BCUT2D eigenvalue weighted by molar-refractivity contribution is -0.342. The highest BCUT2D eigenvalue weighted by molar-refractivity contribution is 5.88. The SMILES string of the molecule is O=c1cc(-c2ccc(O)cc2)oc2cc(O[C@@H]3O[C@H](CO)[C@H](O)[C@H](O)[C@H]3O)c([C@@H]3O[C@H](CO)[C@@H](O)[C@H](O)[C@H]3O[C@@H]3O[C@H](CO)[C@@H](O)[C@H](O)[C@H]3O)c(O)c12. The molecule has 0 spiro atoms. The average molecular weight is 757 g/mol. The van der Waals surface area contributed by atoms with Crippen molar-refractivity contribution in [1.29, 1.82) is 0 Å². The minimum Gasteiger partial charge on any atom is -0.508 e. The van der Waals surface area contributed by atoms with Crippen molar-refractivity contribution in [2.24, 2.45) is 0 Å². The summed E-state index contributed by atoms with van der Waals surface area (Å²) >= 11 is 0. The number of fused-ring (bicyclic) bond motifs is 1. The Morgan fingerprint density at radius 2 is 1.15 bits per heavy atom. The van der Waals surface area contributed by atoms with Gasteiger partial charge in [0.05, 0.1) is 25.4 Å². The van der Waals surface area contributed by atoms with Crippen LogP contribution in [0.15, 0.2) is 45.6 Å². The summed E-state index contributed by atoms with van der Waals surface area (Å²) in [6.45, 7) is -2.65. The van der Waals surface area contributed by atoms with Gasteiger partial charge in [-0.15, -0.1) is 0 Å². The van der Waals surface area contributed by atoms with Crippen LogP contribution in [0, 0.1) is 0 Å². The third-order valence-electron chi connectivity index (χ3n) is 9.53. The summed E-state index contributed by atoms with van der Waals surface area (Å²) in [7, 11) is 0. The van der Waals surface area contributed by atoms with Crippen molar-refractivity contribution in [2.75, 3.05) is 19.8 Å². The van der Waals surface area contributed by atoms with Gasteiger partial charge in [0.15, 0.2) is 11.7 Å². The van der Waals surface area contributed by atoms with Crippen LogP contribution < -0.4 is 10.2 Å². The van der Waals surface area contributed by atoms with Crippen LogP contribution in [0.2, 0.25) is 0 Å². The summed E-state index contributed by atoms with van der Waals surface area (Å²) in [6.07, 6.45) is -27.9. The largest absolute Gasteiger partial charge is 0.508 e. The first-order chi connectivity index (χ1) is 25.2. The second-order valence-corrected chi connectivity index (χ2v) is 12.9. The lowest BCUT2D eigenvalue weighted by atomic mass is 9.89. The van der Waals surface area contributed by atoms with Gasteiger partial charge in [-0.3, -0.25) is 4.79 Å². The third-order valence-corrected chi connectivity index (χ3v) is 9.53. The van der Waals surface area contributed by atoms with Gasteiger partial charge in [0.25, 0.3) is 0 Å². The predicted octanol–water partition coefficient (Wildman–Crippen LogP) is -4.61. The van der Waals surface area contributed by atoms with Crippen molar-refractivity contribution in [3.63, 3.8) is 0 Å². The summed E-state index contributed by atoms with van der Waals surface area (Å²) in [5.41, 5.74) is -1.48. The van der Waals surface area contributed by atoms with Gasteiger partial charge in [0.2, 0.25) is 6.29 Å². The van der Waals surface area contributed by atoms with Crippen LogP contribution in [0.3, 0.4) is 0 Å². The van der Waals surface area contributed by atoms with E-state index in [0.717, 1.165) is 12.1 Å². The smallest absolute Gasteiger partial charge is 0.229 e. The molecule has 20 nitrogen and oxygen atoms in total.